The molecule has 0 bridgehead atoms. The van der Waals surface area contributed by atoms with Gasteiger partial charge in [0.05, 0.1) is 25.0 Å². The number of nitrogens with zero attached hydrogens (tertiary/aromatic N) is 3. The third-order valence-electron chi connectivity index (χ3n) is 2.62. The molecule has 6 nitrogen and oxygen atoms in total. The number of nitrogens with one attached hydrogen (secondary N) is 1. The third-order valence-corrected chi connectivity index (χ3v) is 3.05. The van der Waals surface area contributed by atoms with E-state index < -0.39 is 0 Å². The minimum atomic E-state index is -0.167. The number of hydrogen-bond donors (Lipinski definition) is 1. The van der Waals surface area contributed by atoms with Gasteiger partial charge in [0, 0.05) is 31.0 Å². The van der Waals surface area contributed by atoms with Gasteiger partial charge in [-0.15, -0.1) is 0 Å². The molecule has 0 fully saturated rings. The lowest BCUT2D eigenvalue weighted by Gasteiger charge is -2.03. The number of halogens is 1. The monoisotopic (exact) mass is 326 g/mol. The number of aryl methyl sites for hydroxylation is 1. The summed E-state index contributed by atoms with van der Waals surface area (Å²) in [5.74, 6) is -0.167. The van der Waals surface area contributed by atoms with Crippen molar-refractivity contribution in [1.82, 2.24) is 14.3 Å². The molecule has 7 heteroatoms. The second-order valence-electron chi connectivity index (χ2n) is 4.09. The van der Waals surface area contributed by atoms with Gasteiger partial charge in [0.25, 0.3) is 5.91 Å². The molecular weight excluding hydrogens is 312 g/mol. The number of anilines is 1. The van der Waals surface area contributed by atoms with E-state index in [9.17, 15) is 4.79 Å². The van der Waals surface area contributed by atoms with E-state index in [-0.39, 0.29) is 5.91 Å². The number of amides is 1. The third kappa shape index (κ3) is 3.45. The molecule has 0 aliphatic heterocycles. The Bertz CT molecular complexity index is 576. The van der Waals surface area contributed by atoms with E-state index in [1.807, 2.05) is 13.2 Å². The van der Waals surface area contributed by atoms with Gasteiger partial charge < -0.3 is 14.6 Å². The van der Waals surface area contributed by atoms with Crippen LogP contribution in [0.4, 0.5) is 5.69 Å². The van der Waals surface area contributed by atoms with Crippen molar-refractivity contribution in [2.45, 2.75) is 6.54 Å². The Morgan fingerprint density at radius 1 is 1.53 bits per heavy atom. The number of carbonyl (C=O) groups is 1. The molecule has 0 radical (unpaired) electrons. The number of rotatable bonds is 5. The van der Waals surface area contributed by atoms with E-state index >= 15 is 0 Å². The first-order valence-corrected chi connectivity index (χ1v) is 6.54. The Labute approximate surface area is 119 Å². The van der Waals surface area contributed by atoms with Crippen LogP contribution >= 0.6 is 15.9 Å². The summed E-state index contributed by atoms with van der Waals surface area (Å²) in [4.78, 5) is 12.1. The lowest BCUT2D eigenvalue weighted by Crippen LogP contribution is -2.15. The smallest absolute Gasteiger partial charge is 0.272 e. The van der Waals surface area contributed by atoms with Crippen LogP contribution in [0.1, 0.15) is 10.5 Å². The van der Waals surface area contributed by atoms with Gasteiger partial charge in [-0.25, -0.2) is 0 Å². The number of methoxy groups -OCH3 is 1. The van der Waals surface area contributed by atoms with Crippen LogP contribution < -0.4 is 5.32 Å². The summed E-state index contributed by atoms with van der Waals surface area (Å²) in [7, 11) is 3.46. The zero-order chi connectivity index (χ0) is 13.8. The maximum atomic E-state index is 12.1. The highest BCUT2D eigenvalue weighted by molar-refractivity contribution is 9.10. The van der Waals surface area contributed by atoms with E-state index in [1.54, 1.807) is 34.8 Å². The molecule has 2 aromatic heterocycles. The van der Waals surface area contributed by atoms with E-state index in [4.69, 9.17) is 4.74 Å². The molecule has 2 rings (SSSR count). The maximum absolute atomic E-state index is 12.1. The fourth-order valence-electron chi connectivity index (χ4n) is 1.68. The number of aromatic nitrogens is 3. The van der Waals surface area contributed by atoms with E-state index in [0.29, 0.717) is 24.5 Å². The van der Waals surface area contributed by atoms with Gasteiger partial charge in [-0.2, -0.15) is 5.10 Å². The Morgan fingerprint density at radius 3 is 2.95 bits per heavy atom. The Kier molecular flexibility index (Phi) is 4.39. The average Bonchev–Trinajstić information content (AvgIpc) is 2.93. The lowest BCUT2D eigenvalue weighted by atomic mass is 10.4. The highest BCUT2D eigenvalue weighted by atomic mass is 79.9. The molecule has 19 heavy (non-hydrogen) atoms. The van der Waals surface area contributed by atoms with E-state index in [2.05, 4.69) is 26.3 Å². The predicted octanol–water partition coefficient (Wildman–Crippen LogP) is 1.88. The van der Waals surface area contributed by atoms with Crippen LogP contribution in [0.3, 0.4) is 0 Å². The van der Waals surface area contributed by atoms with Crippen molar-refractivity contribution in [3.05, 3.63) is 34.8 Å². The van der Waals surface area contributed by atoms with Crippen molar-refractivity contribution in [3.8, 4) is 0 Å². The minimum absolute atomic E-state index is 0.167. The molecule has 0 atom stereocenters. The minimum Gasteiger partial charge on any atom is -0.383 e. The largest absolute Gasteiger partial charge is 0.383 e. The SMILES string of the molecule is COCCn1cc(NC(=O)c2cc(Br)cn2C)cn1. The van der Waals surface area contributed by atoms with Crippen molar-refractivity contribution in [3.63, 3.8) is 0 Å². The van der Waals surface area contributed by atoms with Gasteiger partial charge in [0.2, 0.25) is 0 Å². The maximum Gasteiger partial charge on any atom is 0.272 e. The second-order valence-corrected chi connectivity index (χ2v) is 5.01. The van der Waals surface area contributed by atoms with Crippen LogP contribution in [0.25, 0.3) is 0 Å². The molecule has 0 unspecified atom stereocenters. The van der Waals surface area contributed by atoms with Crippen molar-refractivity contribution in [2.75, 3.05) is 19.0 Å². The molecule has 102 valence electrons. The molecular formula is C12H15BrN4O2. The molecule has 0 aliphatic rings. The second kappa shape index (κ2) is 6.03. The van der Waals surface area contributed by atoms with Crippen LogP contribution in [-0.4, -0.2) is 34.0 Å². The number of hydrogen-bond acceptors (Lipinski definition) is 3. The lowest BCUT2D eigenvalue weighted by molar-refractivity contribution is 0.101. The van der Waals surface area contributed by atoms with Gasteiger partial charge in [-0.05, 0) is 22.0 Å². The topological polar surface area (TPSA) is 61.1 Å². The summed E-state index contributed by atoms with van der Waals surface area (Å²) in [5.41, 5.74) is 1.25. The summed E-state index contributed by atoms with van der Waals surface area (Å²) < 4.78 is 9.32. The normalized spacial score (nSPS) is 10.7. The van der Waals surface area contributed by atoms with Crippen LogP contribution in [-0.2, 0) is 18.3 Å². The first-order valence-electron chi connectivity index (χ1n) is 5.75. The fourth-order valence-corrected chi connectivity index (χ4v) is 2.20. The Balaban J connectivity index is 2.02. The fraction of sp³-hybridized carbons (Fsp3) is 0.333. The van der Waals surface area contributed by atoms with Crippen LogP contribution in [0.15, 0.2) is 29.1 Å². The van der Waals surface area contributed by atoms with E-state index in [0.717, 1.165) is 4.47 Å². The van der Waals surface area contributed by atoms with Crippen LogP contribution in [0.5, 0.6) is 0 Å². The Morgan fingerprint density at radius 2 is 2.32 bits per heavy atom. The summed E-state index contributed by atoms with van der Waals surface area (Å²) in [5, 5.41) is 6.94. The van der Waals surface area contributed by atoms with Crippen molar-refractivity contribution in [2.24, 2.45) is 7.05 Å². The van der Waals surface area contributed by atoms with Gasteiger partial charge in [0.1, 0.15) is 5.69 Å². The summed E-state index contributed by atoms with van der Waals surface area (Å²) >= 11 is 3.34. The van der Waals surface area contributed by atoms with Gasteiger partial charge in [-0.3, -0.25) is 9.48 Å². The number of carbonyl (C=O) groups excluding carboxylic acids is 1. The summed E-state index contributed by atoms with van der Waals surface area (Å²) in [6.07, 6.45) is 5.22. The standard InChI is InChI=1S/C12H15BrN4O2/c1-16-7-9(13)5-11(16)12(18)15-10-6-14-17(8-10)3-4-19-2/h5-8H,3-4H2,1-2H3,(H,15,18). The molecule has 0 saturated carbocycles. The molecule has 1 N–H and O–H groups in total. The van der Waals surface area contributed by atoms with Crippen molar-refractivity contribution >= 4 is 27.5 Å². The van der Waals surface area contributed by atoms with Crippen molar-refractivity contribution < 1.29 is 9.53 Å². The molecule has 0 spiro atoms. The van der Waals surface area contributed by atoms with Gasteiger partial charge in [0.15, 0.2) is 0 Å². The molecule has 2 aromatic rings. The molecule has 0 aliphatic carbocycles. The summed E-state index contributed by atoms with van der Waals surface area (Å²) in [6.45, 7) is 1.24. The predicted molar refractivity (Wildman–Crippen MR) is 75.2 cm³/mol. The zero-order valence-electron chi connectivity index (χ0n) is 10.8. The quantitative estimate of drug-likeness (QED) is 0.912. The Hall–Kier alpha value is -1.60. The first kappa shape index (κ1) is 13.8. The van der Waals surface area contributed by atoms with Crippen LogP contribution in [0, 0.1) is 0 Å². The highest BCUT2D eigenvalue weighted by Crippen LogP contribution is 2.15. The zero-order valence-corrected chi connectivity index (χ0v) is 12.3. The van der Waals surface area contributed by atoms with Gasteiger partial charge in [-0.1, -0.05) is 0 Å². The van der Waals surface area contributed by atoms with Crippen molar-refractivity contribution in [1.29, 1.82) is 0 Å². The highest BCUT2D eigenvalue weighted by Gasteiger charge is 2.12. The molecule has 2 heterocycles. The molecule has 0 saturated heterocycles. The first-order chi connectivity index (χ1) is 9.10. The van der Waals surface area contributed by atoms with E-state index in [1.165, 1.54) is 0 Å². The number of ether oxygens (including phenoxy) is 1. The molecule has 1 amide bonds. The van der Waals surface area contributed by atoms with Crippen LogP contribution in [0.2, 0.25) is 0 Å². The summed E-state index contributed by atoms with van der Waals surface area (Å²) in [6, 6.07) is 1.77. The van der Waals surface area contributed by atoms with Gasteiger partial charge >= 0.3 is 0 Å². The molecule has 0 aromatic carbocycles. The average molecular weight is 327 g/mol.